The average Bonchev–Trinajstić information content (AvgIpc) is 2.50. The molecule has 4 nitrogen and oxygen atoms in total. The Morgan fingerprint density at radius 1 is 1.33 bits per heavy atom. The first kappa shape index (κ1) is 15.8. The van der Waals surface area contributed by atoms with Crippen LogP contribution in [0.25, 0.3) is 0 Å². The van der Waals surface area contributed by atoms with E-state index in [1.807, 2.05) is 24.3 Å². The summed E-state index contributed by atoms with van der Waals surface area (Å²) in [6, 6.07) is 10.9. The van der Waals surface area contributed by atoms with E-state index in [0.717, 1.165) is 4.90 Å². The summed E-state index contributed by atoms with van der Waals surface area (Å²) in [6.07, 6.45) is 1.67. The van der Waals surface area contributed by atoms with E-state index >= 15 is 0 Å². The molecule has 2 rings (SSSR count). The monoisotopic (exact) mass is 322 g/mol. The van der Waals surface area contributed by atoms with Crippen LogP contribution < -0.4 is 5.32 Å². The number of ether oxygens (including phenoxy) is 1. The van der Waals surface area contributed by atoms with Crippen LogP contribution in [0.5, 0.6) is 0 Å². The molecule has 0 aliphatic rings. The molecular weight excluding hydrogens is 308 g/mol. The van der Waals surface area contributed by atoms with Gasteiger partial charge in [-0.1, -0.05) is 23.4 Å². The predicted octanol–water partition coefficient (Wildman–Crippen LogP) is 3.26. The fourth-order valence-electron chi connectivity index (χ4n) is 1.62. The Morgan fingerprint density at radius 3 is 2.81 bits per heavy atom. The highest BCUT2D eigenvalue weighted by molar-refractivity contribution is 7.99. The molecule has 1 aromatic heterocycles. The number of hydrogen-bond donors (Lipinski definition) is 1. The predicted molar refractivity (Wildman–Crippen MR) is 84.0 cm³/mol. The van der Waals surface area contributed by atoms with Crippen molar-refractivity contribution < 1.29 is 9.53 Å². The second-order valence-electron chi connectivity index (χ2n) is 4.16. The fourth-order valence-corrected chi connectivity index (χ4v) is 2.63. The lowest BCUT2D eigenvalue weighted by atomic mass is 10.2. The molecule has 1 N–H and O–H groups in total. The molecule has 0 spiro atoms. The van der Waals surface area contributed by atoms with Gasteiger partial charge in [0, 0.05) is 29.8 Å². The lowest BCUT2D eigenvalue weighted by molar-refractivity contribution is 0.0933. The molecule has 0 atom stereocenters. The van der Waals surface area contributed by atoms with Gasteiger partial charge in [0.15, 0.2) is 0 Å². The highest BCUT2D eigenvalue weighted by Gasteiger charge is 2.12. The van der Waals surface area contributed by atoms with Crippen LogP contribution in [0.15, 0.2) is 52.5 Å². The van der Waals surface area contributed by atoms with Crippen LogP contribution in [-0.2, 0) is 4.74 Å². The van der Waals surface area contributed by atoms with Gasteiger partial charge >= 0.3 is 0 Å². The van der Waals surface area contributed by atoms with Gasteiger partial charge < -0.3 is 10.1 Å². The number of nitrogens with zero attached hydrogens (tertiary/aromatic N) is 1. The third-order valence-electron chi connectivity index (χ3n) is 2.64. The number of halogens is 1. The van der Waals surface area contributed by atoms with E-state index in [-0.39, 0.29) is 5.91 Å². The summed E-state index contributed by atoms with van der Waals surface area (Å²) >= 11 is 7.30. The van der Waals surface area contributed by atoms with Crippen LogP contribution in [0.1, 0.15) is 10.4 Å². The molecule has 0 aliphatic heterocycles. The smallest absolute Gasteiger partial charge is 0.254 e. The zero-order valence-corrected chi connectivity index (χ0v) is 13.1. The van der Waals surface area contributed by atoms with Crippen molar-refractivity contribution >= 4 is 29.3 Å². The molecular formula is C15H15ClN2O2S. The topological polar surface area (TPSA) is 51.2 Å². The molecule has 1 amide bonds. The number of pyridine rings is 1. The molecule has 0 bridgehead atoms. The Morgan fingerprint density at radius 2 is 2.10 bits per heavy atom. The number of aromatic nitrogens is 1. The molecule has 21 heavy (non-hydrogen) atoms. The van der Waals surface area contributed by atoms with E-state index in [0.29, 0.717) is 28.8 Å². The zero-order valence-electron chi connectivity index (χ0n) is 11.5. The average molecular weight is 323 g/mol. The molecule has 2 aromatic rings. The molecule has 0 saturated heterocycles. The number of carbonyl (C=O) groups excluding carboxylic acids is 1. The maximum Gasteiger partial charge on any atom is 0.254 e. The normalized spacial score (nSPS) is 10.4. The van der Waals surface area contributed by atoms with Crippen LogP contribution in [0.2, 0.25) is 5.02 Å². The van der Waals surface area contributed by atoms with Crippen molar-refractivity contribution in [3.63, 3.8) is 0 Å². The lowest BCUT2D eigenvalue weighted by Gasteiger charge is -2.08. The number of carbonyl (C=O) groups is 1. The largest absolute Gasteiger partial charge is 0.383 e. The van der Waals surface area contributed by atoms with Gasteiger partial charge in [0.25, 0.3) is 5.91 Å². The van der Waals surface area contributed by atoms with Crippen molar-refractivity contribution in [2.45, 2.75) is 9.92 Å². The number of methoxy groups -OCH3 is 1. The minimum absolute atomic E-state index is 0.156. The highest BCUT2D eigenvalue weighted by atomic mass is 35.5. The standard InChI is InChI=1S/C15H15ClN2O2S/c1-20-10-9-17-14(19)13-3-2-8-18-15(13)21-12-6-4-11(16)5-7-12/h2-8H,9-10H2,1H3,(H,17,19). The van der Waals surface area contributed by atoms with Crippen molar-refractivity contribution in [2.24, 2.45) is 0 Å². The van der Waals surface area contributed by atoms with Crippen LogP contribution in [0.4, 0.5) is 0 Å². The quantitative estimate of drug-likeness (QED) is 0.829. The summed E-state index contributed by atoms with van der Waals surface area (Å²) in [5.41, 5.74) is 0.550. The van der Waals surface area contributed by atoms with E-state index in [1.54, 1.807) is 25.4 Å². The van der Waals surface area contributed by atoms with Crippen molar-refractivity contribution in [1.82, 2.24) is 10.3 Å². The third kappa shape index (κ3) is 4.74. The van der Waals surface area contributed by atoms with Gasteiger partial charge in [-0.3, -0.25) is 4.79 Å². The summed E-state index contributed by atoms with van der Waals surface area (Å²) in [4.78, 5) is 17.4. The van der Waals surface area contributed by atoms with Crippen molar-refractivity contribution in [2.75, 3.05) is 20.3 Å². The minimum Gasteiger partial charge on any atom is -0.383 e. The van der Waals surface area contributed by atoms with Gasteiger partial charge in [-0.25, -0.2) is 4.98 Å². The van der Waals surface area contributed by atoms with E-state index < -0.39 is 0 Å². The highest BCUT2D eigenvalue weighted by Crippen LogP contribution is 2.29. The molecule has 0 fully saturated rings. The maximum absolute atomic E-state index is 12.1. The van der Waals surface area contributed by atoms with Crippen LogP contribution >= 0.6 is 23.4 Å². The first-order valence-corrected chi connectivity index (χ1v) is 7.55. The molecule has 0 aliphatic carbocycles. The first-order valence-electron chi connectivity index (χ1n) is 6.36. The molecule has 6 heteroatoms. The number of nitrogens with one attached hydrogen (secondary N) is 1. The Kier molecular flexibility index (Phi) is 6.04. The van der Waals surface area contributed by atoms with Gasteiger partial charge in [0.1, 0.15) is 5.03 Å². The van der Waals surface area contributed by atoms with Gasteiger partial charge in [-0.05, 0) is 36.4 Å². The van der Waals surface area contributed by atoms with Crippen LogP contribution in [0, 0.1) is 0 Å². The van der Waals surface area contributed by atoms with Gasteiger partial charge in [-0.2, -0.15) is 0 Å². The number of rotatable bonds is 6. The lowest BCUT2D eigenvalue weighted by Crippen LogP contribution is -2.27. The van der Waals surface area contributed by atoms with Crippen LogP contribution in [0.3, 0.4) is 0 Å². The van der Waals surface area contributed by atoms with Crippen LogP contribution in [-0.4, -0.2) is 31.2 Å². The van der Waals surface area contributed by atoms with Gasteiger partial charge in [0.2, 0.25) is 0 Å². The fraction of sp³-hybridized carbons (Fsp3) is 0.200. The molecule has 0 radical (unpaired) electrons. The number of benzene rings is 1. The summed E-state index contributed by atoms with van der Waals surface area (Å²) in [5, 5.41) is 4.14. The zero-order chi connectivity index (χ0) is 15.1. The van der Waals surface area contributed by atoms with E-state index in [1.165, 1.54) is 11.8 Å². The van der Waals surface area contributed by atoms with E-state index in [2.05, 4.69) is 10.3 Å². The summed E-state index contributed by atoms with van der Waals surface area (Å²) < 4.78 is 4.92. The SMILES string of the molecule is COCCNC(=O)c1cccnc1Sc1ccc(Cl)cc1. The third-order valence-corrected chi connectivity index (χ3v) is 3.91. The second kappa shape index (κ2) is 8.02. The Hall–Kier alpha value is -1.56. The first-order chi connectivity index (χ1) is 10.2. The summed E-state index contributed by atoms with van der Waals surface area (Å²) in [5.74, 6) is -0.156. The molecule has 1 heterocycles. The maximum atomic E-state index is 12.1. The molecule has 110 valence electrons. The summed E-state index contributed by atoms with van der Waals surface area (Å²) in [6.45, 7) is 0.945. The van der Waals surface area contributed by atoms with E-state index in [4.69, 9.17) is 16.3 Å². The second-order valence-corrected chi connectivity index (χ2v) is 5.66. The number of hydrogen-bond acceptors (Lipinski definition) is 4. The Balaban J connectivity index is 2.12. The molecule has 0 saturated carbocycles. The van der Waals surface area contributed by atoms with E-state index in [9.17, 15) is 4.79 Å². The number of amides is 1. The van der Waals surface area contributed by atoms with Crippen molar-refractivity contribution in [3.05, 3.63) is 53.2 Å². The van der Waals surface area contributed by atoms with Crippen molar-refractivity contribution in [1.29, 1.82) is 0 Å². The van der Waals surface area contributed by atoms with Crippen molar-refractivity contribution in [3.8, 4) is 0 Å². The minimum atomic E-state index is -0.156. The van der Waals surface area contributed by atoms with Gasteiger partial charge in [-0.15, -0.1) is 0 Å². The Labute approximate surface area is 132 Å². The summed E-state index contributed by atoms with van der Waals surface area (Å²) in [7, 11) is 1.60. The molecule has 1 aromatic carbocycles. The van der Waals surface area contributed by atoms with Gasteiger partial charge in [0.05, 0.1) is 12.2 Å². The Bertz CT molecular complexity index is 605. The molecule has 0 unspecified atom stereocenters.